The van der Waals surface area contributed by atoms with Gasteiger partial charge >= 0.3 is 0 Å². The molecule has 122 valence electrons. The number of thiazole rings is 1. The molecule has 4 nitrogen and oxygen atoms in total. The van der Waals surface area contributed by atoms with Crippen LogP contribution < -0.4 is 0 Å². The van der Waals surface area contributed by atoms with Gasteiger partial charge in [0, 0.05) is 36.4 Å². The minimum atomic E-state index is 0.104. The maximum absolute atomic E-state index is 12.5. The van der Waals surface area contributed by atoms with Gasteiger partial charge in [-0.1, -0.05) is 30.3 Å². The van der Waals surface area contributed by atoms with Gasteiger partial charge in [-0.25, -0.2) is 4.98 Å². The number of benzene rings is 1. The molecule has 0 radical (unpaired) electrons. The molecule has 2 heterocycles. The molecule has 0 saturated heterocycles. The molecule has 0 fully saturated rings. The Hall–Kier alpha value is -2.53. The van der Waals surface area contributed by atoms with Crippen molar-refractivity contribution in [1.82, 2.24) is 14.9 Å². The molecule has 2 aromatic heterocycles. The third kappa shape index (κ3) is 3.86. The number of pyridine rings is 1. The lowest BCUT2D eigenvalue weighted by molar-refractivity contribution is -0.129. The summed E-state index contributed by atoms with van der Waals surface area (Å²) < 4.78 is 0. The van der Waals surface area contributed by atoms with E-state index in [4.69, 9.17) is 0 Å². The molecule has 5 heteroatoms. The standard InChI is InChI=1S/C19H19N3OS/c1-14-17(24-19(21-14)16-8-10-20-11-9-16)12-18(23)22(2)13-15-6-4-3-5-7-15/h3-11H,12-13H2,1-2H3. The van der Waals surface area contributed by atoms with Crippen LogP contribution in [0, 0.1) is 6.92 Å². The van der Waals surface area contributed by atoms with Crippen LogP contribution in [0.25, 0.3) is 10.6 Å². The smallest absolute Gasteiger partial charge is 0.227 e. The summed E-state index contributed by atoms with van der Waals surface area (Å²) in [5.74, 6) is 0.104. The Morgan fingerprint density at radius 2 is 1.83 bits per heavy atom. The van der Waals surface area contributed by atoms with Gasteiger partial charge < -0.3 is 4.90 Å². The van der Waals surface area contributed by atoms with Crippen LogP contribution in [-0.4, -0.2) is 27.8 Å². The van der Waals surface area contributed by atoms with Crippen LogP contribution in [0.2, 0.25) is 0 Å². The van der Waals surface area contributed by atoms with Crippen molar-refractivity contribution in [1.29, 1.82) is 0 Å². The third-order valence-corrected chi connectivity index (χ3v) is 5.03. The first-order chi connectivity index (χ1) is 11.6. The van der Waals surface area contributed by atoms with E-state index < -0.39 is 0 Å². The van der Waals surface area contributed by atoms with Crippen LogP contribution in [0.3, 0.4) is 0 Å². The lowest BCUT2D eigenvalue weighted by Crippen LogP contribution is -2.27. The van der Waals surface area contributed by atoms with Crippen LogP contribution >= 0.6 is 11.3 Å². The van der Waals surface area contributed by atoms with Crippen LogP contribution in [0.5, 0.6) is 0 Å². The highest BCUT2D eigenvalue weighted by Gasteiger charge is 2.16. The van der Waals surface area contributed by atoms with Gasteiger partial charge in [-0.2, -0.15) is 0 Å². The Labute approximate surface area is 145 Å². The first kappa shape index (κ1) is 16.3. The molecular weight excluding hydrogens is 318 g/mol. The monoisotopic (exact) mass is 337 g/mol. The molecule has 1 aromatic carbocycles. The van der Waals surface area contributed by atoms with Gasteiger partial charge in [-0.05, 0) is 24.6 Å². The normalized spacial score (nSPS) is 10.6. The molecule has 3 rings (SSSR count). The Morgan fingerprint density at radius 3 is 2.54 bits per heavy atom. The first-order valence-electron chi connectivity index (χ1n) is 7.78. The summed E-state index contributed by atoms with van der Waals surface area (Å²) in [5, 5.41) is 0.934. The van der Waals surface area contributed by atoms with Gasteiger partial charge in [-0.3, -0.25) is 9.78 Å². The average molecular weight is 337 g/mol. The summed E-state index contributed by atoms with van der Waals surface area (Å²) in [6.07, 6.45) is 3.90. The summed E-state index contributed by atoms with van der Waals surface area (Å²) in [5.41, 5.74) is 3.09. The summed E-state index contributed by atoms with van der Waals surface area (Å²) in [7, 11) is 1.84. The number of aryl methyl sites for hydroxylation is 1. The number of carbonyl (C=O) groups excluding carboxylic acids is 1. The number of likely N-dealkylation sites (N-methyl/N-ethyl adjacent to an activating group) is 1. The molecule has 0 aliphatic carbocycles. The predicted molar refractivity (Wildman–Crippen MR) is 96.7 cm³/mol. The molecule has 0 N–H and O–H groups in total. The van der Waals surface area contributed by atoms with E-state index >= 15 is 0 Å². The van der Waals surface area contributed by atoms with Gasteiger partial charge in [0.05, 0.1) is 12.1 Å². The minimum Gasteiger partial charge on any atom is -0.341 e. The average Bonchev–Trinajstić information content (AvgIpc) is 2.97. The van der Waals surface area contributed by atoms with E-state index in [1.165, 1.54) is 0 Å². The summed E-state index contributed by atoms with van der Waals surface area (Å²) in [6.45, 7) is 2.58. The van der Waals surface area contributed by atoms with Crippen molar-refractivity contribution in [2.75, 3.05) is 7.05 Å². The molecule has 0 aliphatic rings. The zero-order chi connectivity index (χ0) is 16.9. The minimum absolute atomic E-state index is 0.104. The quantitative estimate of drug-likeness (QED) is 0.713. The first-order valence-corrected chi connectivity index (χ1v) is 8.59. The zero-order valence-corrected chi connectivity index (χ0v) is 14.6. The molecule has 24 heavy (non-hydrogen) atoms. The fourth-order valence-electron chi connectivity index (χ4n) is 2.43. The van der Waals surface area contributed by atoms with Gasteiger partial charge in [0.2, 0.25) is 5.91 Å². The lowest BCUT2D eigenvalue weighted by atomic mass is 10.2. The molecule has 0 atom stereocenters. The second-order valence-corrected chi connectivity index (χ2v) is 6.76. The Balaban J connectivity index is 1.69. The Morgan fingerprint density at radius 1 is 1.12 bits per heavy atom. The third-order valence-electron chi connectivity index (χ3n) is 3.82. The van der Waals surface area contributed by atoms with Crippen molar-refractivity contribution in [3.05, 3.63) is 71.0 Å². The van der Waals surface area contributed by atoms with Crippen molar-refractivity contribution in [3.63, 3.8) is 0 Å². The predicted octanol–water partition coefficient (Wildman–Crippen LogP) is 3.71. The van der Waals surface area contributed by atoms with E-state index in [1.807, 2.05) is 56.4 Å². The Bertz CT molecular complexity index is 815. The highest BCUT2D eigenvalue weighted by molar-refractivity contribution is 7.15. The topological polar surface area (TPSA) is 46.1 Å². The van der Waals surface area contributed by atoms with Crippen LogP contribution in [-0.2, 0) is 17.8 Å². The number of carbonyl (C=O) groups is 1. The summed E-state index contributed by atoms with van der Waals surface area (Å²) >= 11 is 1.58. The van der Waals surface area contributed by atoms with Crippen molar-refractivity contribution in [2.45, 2.75) is 19.9 Å². The highest BCUT2D eigenvalue weighted by atomic mass is 32.1. The second kappa shape index (κ2) is 7.36. The SMILES string of the molecule is Cc1nc(-c2ccncc2)sc1CC(=O)N(C)Cc1ccccc1. The molecule has 0 unspecified atom stereocenters. The summed E-state index contributed by atoms with van der Waals surface area (Å²) in [4.78, 5) is 23.9. The molecule has 0 bridgehead atoms. The van der Waals surface area contributed by atoms with Crippen molar-refractivity contribution in [3.8, 4) is 10.6 Å². The number of nitrogens with zero attached hydrogens (tertiary/aromatic N) is 3. The van der Waals surface area contributed by atoms with E-state index in [1.54, 1.807) is 28.6 Å². The van der Waals surface area contributed by atoms with Crippen molar-refractivity contribution in [2.24, 2.45) is 0 Å². The maximum Gasteiger partial charge on any atom is 0.227 e. The van der Waals surface area contributed by atoms with Crippen LogP contribution in [0.1, 0.15) is 16.1 Å². The largest absolute Gasteiger partial charge is 0.341 e. The van der Waals surface area contributed by atoms with Gasteiger partial charge in [0.15, 0.2) is 0 Å². The van der Waals surface area contributed by atoms with E-state index in [0.29, 0.717) is 13.0 Å². The molecular formula is C19H19N3OS. The number of rotatable bonds is 5. The zero-order valence-electron chi connectivity index (χ0n) is 13.8. The van der Waals surface area contributed by atoms with E-state index in [2.05, 4.69) is 9.97 Å². The highest BCUT2D eigenvalue weighted by Crippen LogP contribution is 2.28. The molecule has 3 aromatic rings. The maximum atomic E-state index is 12.5. The van der Waals surface area contributed by atoms with Gasteiger partial charge in [0.25, 0.3) is 0 Å². The number of aromatic nitrogens is 2. The van der Waals surface area contributed by atoms with Crippen molar-refractivity contribution < 1.29 is 4.79 Å². The van der Waals surface area contributed by atoms with Gasteiger partial charge in [0.1, 0.15) is 5.01 Å². The molecule has 1 amide bonds. The number of amides is 1. The second-order valence-electron chi connectivity index (χ2n) is 5.68. The van der Waals surface area contributed by atoms with Crippen LogP contribution in [0.4, 0.5) is 0 Å². The van der Waals surface area contributed by atoms with Crippen LogP contribution in [0.15, 0.2) is 54.9 Å². The fraction of sp³-hybridized carbons (Fsp3) is 0.211. The van der Waals surface area contributed by atoms with Crippen molar-refractivity contribution >= 4 is 17.2 Å². The Kier molecular flexibility index (Phi) is 5.01. The molecule has 0 spiro atoms. The van der Waals surface area contributed by atoms with E-state index in [9.17, 15) is 4.79 Å². The summed E-state index contributed by atoms with van der Waals surface area (Å²) in [6, 6.07) is 13.9. The number of hydrogen-bond donors (Lipinski definition) is 0. The van der Waals surface area contributed by atoms with E-state index in [0.717, 1.165) is 26.7 Å². The number of hydrogen-bond acceptors (Lipinski definition) is 4. The lowest BCUT2D eigenvalue weighted by Gasteiger charge is -2.17. The van der Waals surface area contributed by atoms with E-state index in [-0.39, 0.29) is 5.91 Å². The fourth-order valence-corrected chi connectivity index (χ4v) is 3.49. The van der Waals surface area contributed by atoms with Gasteiger partial charge in [-0.15, -0.1) is 11.3 Å². The molecule has 0 aliphatic heterocycles. The molecule has 0 saturated carbocycles.